The maximum atomic E-state index is 11.7. The lowest BCUT2D eigenvalue weighted by Crippen LogP contribution is -2.41. The number of amides is 1. The van der Waals surface area contributed by atoms with Crippen LogP contribution in [0.15, 0.2) is 0 Å². The smallest absolute Gasteiger partial charge is 0.230 e. The number of nitrogens with zero attached hydrogens (tertiary/aromatic N) is 3. The molecular formula is C12H20N4O2S2. The van der Waals surface area contributed by atoms with Gasteiger partial charge in [-0.05, 0) is 6.92 Å². The van der Waals surface area contributed by atoms with Crippen LogP contribution in [0.25, 0.3) is 0 Å². The van der Waals surface area contributed by atoms with E-state index in [9.17, 15) is 4.79 Å². The number of carbonyl (C=O) groups excluding carboxylic acids is 1. The maximum absolute atomic E-state index is 11.7. The largest absolute Gasteiger partial charge is 0.379 e. The highest BCUT2D eigenvalue weighted by atomic mass is 32.2. The van der Waals surface area contributed by atoms with Gasteiger partial charge in [-0.15, -0.1) is 11.8 Å². The van der Waals surface area contributed by atoms with Gasteiger partial charge in [0.25, 0.3) is 0 Å². The Morgan fingerprint density at radius 1 is 1.45 bits per heavy atom. The van der Waals surface area contributed by atoms with Crippen LogP contribution < -0.4 is 5.32 Å². The van der Waals surface area contributed by atoms with Gasteiger partial charge in [0.2, 0.25) is 5.91 Å². The monoisotopic (exact) mass is 316 g/mol. The second-order valence-electron chi connectivity index (χ2n) is 4.59. The molecule has 0 saturated carbocycles. The highest BCUT2D eigenvalue weighted by molar-refractivity contribution is 7.99. The van der Waals surface area contributed by atoms with Crippen molar-refractivity contribution in [3.8, 4) is 0 Å². The van der Waals surface area contributed by atoms with Gasteiger partial charge in [0, 0.05) is 31.9 Å². The van der Waals surface area contributed by atoms with Gasteiger partial charge in [-0.25, -0.2) is 0 Å². The van der Waals surface area contributed by atoms with E-state index >= 15 is 0 Å². The van der Waals surface area contributed by atoms with Gasteiger partial charge in [0.1, 0.15) is 0 Å². The standard InChI is InChI=1S/C12H20N4O2S2/c1-10-11(15-20-14-10)8-19-9-12(17)13-2-3-16-4-6-18-7-5-16/h2-9H2,1H3,(H,13,17). The molecule has 0 bridgehead atoms. The summed E-state index contributed by atoms with van der Waals surface area (Å²) >= 11 is 2.80. The number of hydrogen-bond acceptors (Lipinski definition) is 7. The van der Waals surface area contributed by atoms with Crippen LogP contribution in [0, 0.1) is 6.92 Å². The molecule has 1 N–H and O–H groups in total. The summed E-state index contributed by atoms with van der Waals surface area (Å²) in [4.78, 5) is 14.0. The van der Waals surface area contributed by atoms with Crippen LogP contribution >= 0.6 is 23.5 Å². The first-order chi connectivity index (χ1) is 9.75. The van der Waals surface area contributed by atoms with Crippen molar-refractivity contribution in [2.24, 2.45) is 0 Å². The van der Waals surface area contributed by atoms with Crippen molar-refractivity contribution in [3.05, 3.63) is 11.4 Å². The van der Waals surface area contributed by atoms with Crippen molar-refractivity contribution in [2.75, 3.05) is 45.1 Å². The lowest BCUT2D eigenvalue weighted by molar-refractivity contribution is -0.118. The van der Waals surface area contributed by atoms with Gasteiger partial charge in [-0.3, -0.25) is 9.69 Å². The van der Waals surface area contributed by atoms with Crippen molar-refractivity contribution in [3.63, 3.8) is 0 Å². The fourth-order valence-corrected chi connectivity index (χ4v) is 3.35. The summed E-state index contributed by atoms with van der Waals surface area (Å²) in [6.45, 7) is 7.06. The van der Waals surface area contributed by atoms with E-state index < -0.39 is 0 Å². The van der Waals surface area contributed by atoms with E-state index in [1.54, 1.807) is 11.8 Å². The van der Waals surface area contributed by atoms with E-state index in [1.165, 1.54) is 11.7 Å². The predicted molar refractivity (Wildman–Crippen MR) is 81.1 cm³/mol. The fourth-order valence-electron chi connectivity index (χ4n) is 1.85. The number of thioether (sulfide) groups is 1. The topological polar surface area (TPSA) is 67.4 Å². The highest BCUT2D eigenvalue weighted by Gasteiger charge is 2.10. The molecule has 0 aliphatic carbocycles. The number of morpholine rings is 1. The Morgan fingerprint density at radius 3 is 2.95 bits per heavy atom. The van der Waals surface area contributed by atoms with Crippen LogP contribution in [0.2, 0.25) is 0 Å². The van der Waals surface area contributed by atoms with Gasteiger partial charge in [0.05, 0.1) is 42.1 Å². The number of carbonyl (C=O) groups is 1. The van der Waals surface area contributed by atoms with Crippen molar-refractivity contribution in [1.82, 2.24) is 19.0 Å². The highest BCUT2D eigenvalue weighted by Crippen LogP contribution is 2.13. The van der Waals surface area contributed by atoms with Crippen molar-refractivity contribution in [1.29, 1.82) is 0 Å². The molecule has 1 fully saturated rings. The van der Waals surface area contributed by atoms with Crippen LogP contribution in [0.3, 0.4) is 0 Å². The minimum Gasteiger partial charge on any atom is -0.379 e. The average molecular weight is 316 g/mol. The molecule has 0 radical (unpaired) electrons. The lowest BCUT2D eigenvalue weighted by Gasteiger charge is -2.26. The molecular weight excluding hydrogens is 296 g/mol. The molecule has 112 valence electrons. The second kappa shape index (κ2) is 8.56. The number of ether oxygens (including phenoxy) is 1. The molecule has 2 rings (SSSR count). The van der Waals surface area contributed by atoms with Gasteiger partial charge in [-0.2, -0.15) is 8.75 Å². The molecule has 0 aromatic carbocycles. The minimum absolute atomic E-state index is 0.0871. The molecule has 1 aliphatic rings. The summed E-state index contributed by atoms with van der Waals surface area (Å²) in [7, 11) is 0. The Kier molecular flexibility index (Phi) is 6.71. The Morgan fingerprint density at radius 2 is 2.25 bits per heavy atom. The van der Waals surface area contributed by atoms with Crippen LogP contribution in [0.4, 0.5) is 0 Å². The van der Waals surface area contributed by atoms with Crippen LogP contribution in [0.1, 0.15) is 11.4 Å². The Hall–Kier alpha value is -0.700. The molecule has 2 heterocycles. The third-order valence-corrected chi connectivity index (χ3v) is 4.67. The first-order valence-electron chi connectivity index (χ1n) is 6.68. The minimum atomic E-state index is 0.0871. The van der Waals surface area contributed by atoms with Gasteiger partial charge >= 0.3 is 0 Å². The van der Waals surface area contributed by atoms with E-state index in [1.807, 2.05) is 6.92 Å². The van der Waals surface area contributed by atoms with Crippen molar-refractivity contribution in [2.45, 2.75) is 12.7 Å². The second-order valence-corrected chi connectivity index (χ2v) is 6.11. The summed E-state index contributed by atoms with van der Waals surface area (Å²) < 4.78 is 13.6. The van der Waals surface area contributed by atoms with E-state index in [4.69, 9.17) is 4.74 Å². The van der Waals surface area contributed by atoms with E-state index in [0.717, 1.165) is 50.0 Å². The van der Waals surface area contributed by atoms with Crippen LogP contribution in [-0.4, -0.2) is 64.7 Å². The van der Waals surface area contributed by atoms with E-state index in [-0.39, 0.29) is 5.91 Å². The molecule has 1 aromatic rings. The molecule has 0 spiro atoms. The van der Waals surface area contributed by atoms with Gasteiger partial charge in [-0.1, -0.05) is 0 Å². The summed E-state index contributed by atoms with van der Waals surface area (Å²) in [5.41, 5.74) is 1.95. The number of aromatic nitrogens is 2. The maximum Gasteiger partial charge on any atom is 0.230 e. The zero-order valence-corrected chi connectivity index (χ0v) is 13.3. The fraction of sp³-hybridized carbons (Fsp3) is 0.750. The summed E-state index contributed by atoms with van der Waals surface area (Å²) in [5.74, 6) is 1.31. The quantitative estimate of drug-likeness (QED) is 0.791. The zero-order chi connectivity index (χ0) is 14.2. The Labute approximate surface area is 127 Å². The number of aryl methyl sites for hydroxylation is 1. The Balaban J connectivity index is 1.53. The summed E-state index contributed by atoms with van der Waals surface area (Å²) in [5, 5.41) is 2.95. The van der Waals surface area contributed by atoms with Crippen LogP contribution in [0.5, 0.6) is 0 Å². The van der Waals surface area contributed by atoms with Gasteiger partial charge < -0.3 is 10.1 Å². The predicted octanol–water partition coefficient (Wildman–Crippen LogP) is 0.528. The normalized spacial score (nSPS) is 16.2. The zero-order valence-electron chi connectivity index (χ0n) is 11.6. The molecule has 0 atom stereocenters. The van der Waals surface area contributed by atoms with Gasteiger partial charge in [0.15, 0.2) is 0 Å². The van der Waals surface area contributed by atoms with E-state index in [2.05, 4.69) is 19.0 Å². The SMILES string of the molecule is Cc1nsnc1CSCC(=O)NCCN1CCOCC1. The molecule has 8 heteroatoms. The molecule has 1 aromatic heterocycles. The average Bonchev–Trinajstić information content (AvgIpc) is 2.86. The van der Waals surface area contributed by atoms with E-state index in [0.29, 0.717) is 12.3 Å². The molecule has 6 nitrogen and oxygen atoms in total. The molecule has 1 aliphatic heterocycles. The molecule has 20 heavy (non-hydrogen) atoms. The third-order valence-electron chi connectivity index (χ3n) is 3.07. The number of nitrogens with one attached hydrogen (secondary N) is 1. The lowest BCUT2D eigenvalue weighted by atomic mass is 10.4. The molecule has 1 amide bonds. The third kappa shape index (κ3) is 5.35. The summed E-state index contributed by atoms with van der Waals surface area (Å²) in [6, 6.07) is 0. The van der Waals surface area contributed by atoms with Crippen molar-refractivity contribution < 1.29 is 9.53 Å². The van der Waals surface area contributed by atoms with Crippen LogP contribution in [-0.2, 0) is 15.3 Å². The molecule has 0 unspecified atom stereocenters. The summed E-state index contributed by atoms with van der Waals surface area (Å²) in [6.07, 6.45) is 0. The number of hydrogen-bond donors (Lipinski definition) is 1. The Bertz CT molecular complexity index is 421. The van der Waals surface area contributed by atoms with Crippen molar-refractivity contribution >= 4 is 29.4 Å². The first kappa shape index (κ1) is 15.7. The number of rotatable bonds is 7. The molecule has 1 saturated heterocycles. The first-order valence-corrected chi connectivity index (χ1v) is 8.57.